The second kappa shape index (κ2) is 6.63. The molecule has 2 aromatic rings. The minimum atomic E-state index is 0.888. The van der Waals surface area contributed by atoms with Crippen molar-refractivity contribution in [3.63, 3.8) is 0 Å². The van der Waals surface area contributed by atoms with E-state index in [2.05, 4.69) is 61.4 Å². The number of ether oxygens (including phenoxy) is 1. The van der Waals surface area contributed by atoms with Crippen LogP contribution in [0.25, 0.3) is 11.6 Å². The predicted molar refractivity (Wildman–Crippen MR) is 93.1 cm³/mol. The molecule has 22 heavy (non-hydrogen) atoms. The highest BCUT2D eigenvalue weighted by molar-refractivity contribution is 5.87. The summed E-state index contributed by atoms with van der Waals surface area (Å²) in [6.45, 7) is 3.88. The van der Waals surface area contributed by atoms with E-state index in [-0.39, 0.29) is 0 Å². The van der Waals surface area contributed by atoms with Crippen LogP contribution in [0.2, 0.25) is 0 Å². The first kappa shape index (κ1) is 14.6. The van der Waals surface area contributed by atoms with Gasteiger partial charge in [-0.15, -0.1) is 0 Å². The predicted octanol–water partition coefficient (Wildman–Crippen LogP) is 4.84. The third-order valence-corrected chi connectivity index (χ3v) is 3.79. The summed E-state index contributed by atoms with van der Waals surface area (Å²) in [5.74, 6) is 1.85. The Labute approximate surface area is 132 Å². The maximum absolute atomic E-state index is 6.11. The van der Waals surface area contributed by atoms with Crippen molar-refractivity contribution in [2.45, 2.75) is 6.92 Å². The topological polar surface area (TPSA) is 12.5 Å². The lowest BCUT2D eigenvalue weighted by Gasteiger charge is -2.17. The molecule has 0 spiro atoms. The summed E-state index contributed by atoms with van der Waals surface area (Å²) in [7, 11) is 2.14. The molecule has 1 aliphatic rings. The average molecular weight is 291 g/mol. The molecule has 0 bridgehead atoms. The van der Waals surface area contributed by atoms with Crippen LogP contribution < -0.4 is 4.74 Å². The van der Waals surface area contributed by atoms with E-state index in [9.17, 15) is 0 Å². The first-order chi connectivity index (χ1) is 10.8. The van der Waals surface area contributed by atoms with Crippen molar-refractivity contribution in [3.05, 3.63) is 71.8 Å². The van der Waals surface area contributed by atoms with Crippen LogP contribution in [0.4, 0.5) is 0 Å². The Kier molecular flexibility index (Phi) is 4.40. The van der Waals surface area contributed by atoms with E-state index in [0.29, 0.717) is 0 Å². The van der Waals surface area contributed by atoms with E-state index in [1.165, 1.54) is 11.1 Å². The van der Waals surface area contributed by atoms with Crippen molar-refractivity contribution in [2.24, 2.45) is 0 Å². The molecule has 0 aromatic heterocycles. The van der Waals surface area contributed by atoms with Gasteiger partial charge in [0.15, 0.2) is 0 Å². The molecule has 0 amide bonds. The summed E-state index contributed by atoms with van der Waals surface area (Å²) >= 11 is 0. The lowest BCUT2D eigenvalue weighted by Crippen LogP contribution is -2.20. The van der Waals surface area contributed by atoms with Crippen LogP contribution in [0.1, 0.15) is 18.1 Å². The molecule has 112 valence electrons. The normalized spacial score (nSPS) is 13.3. The maximum atomic E-state index is 6.11. The van der Waals surface area contributed by atoms with Gasteiger partial charge in [0.05, 0.1) is 0 Å². The van der Waals surface area contributed by atoms with Crippen LogP contribution in [-0.2, 0) is 0 Å². The second-order valence-corrected chi connectivity index (χ2v) is 5.57. The van der Waals surface area contributed by atoms with Gasteiger partial charge in [-0.2, -0.15) is 0 Å². The van der Waals surface area contributed by atoms with E-state index in [0.717, 1.165) is 30.2 Å². The third kappa shape index (κ3) is 3.12. The summed E-state index contributed by atoms with van der Waals surface area (Å²) in [5.41, 5.74) is 3.59. The van der Waals surface area contributed by atoms with Gasteiger partial charge >= 0.3 is 0 Å². The Balaban J connectivity index is 2.00. The van der Waals surface area contributed by atoms with Crippen LogP contribution in [0.3, 0.4) is 0 Å². The SMILES string of the molecule is C/C=C\CN(C)CC1=Cc2ccccc2Oc2ccccc21. The standard InChI is InChI=1S/C20H21NO/c1-3-4-13-21(2)15-17-14-16-9-5-7-11-19(16)22-20-12-8-6-10-18(17)20/h3-12,14H,13,15H2,1-2H3/b4-3-. The first-order valence-electron chi connectivity index (χ1n) is 7.64. The highest BCUT2D eigenvalue weighted by atomic mass is 16.5. The smallest absolute Gasteiger partial charge is 0.135 e. The highest BCUT2D eigenvalue weighted by Crippen LogP contribution is 2.37. The largest absolute Gasteiger partial charge is 0.456 e. The van der Waals surface area contributed by atoms with Gasteiger partial charge in [-0.1, -0.05) is 48.6 Å². The number of hydrogen-bond donors (Lipinski definition) is 0. The van der Waals surface area contributed by atoms with E-state index < -0.39 is 0 Å². The van der Waals surface area contributed by atoms with Crippen LogP contribution in [0.5, 0.6) is 11.5 Å². The summed E-state index contributed by atoms with van der Waals surface area (Å²) < 4.78 is 6.11. The zero-order valence-electron chi connectivity index (χ0n) is 13.1. The molecule has 0 saturated heterocycles. The monoisotopic (exact) mass is 291 g/mol. The summed E-state index contributed by atoms with van der Waals surface area (Å²) in [6.07, 6.45) is 6.51. The zero-order chi connectivity index (χ0) is 15.4. The Morgan fingerprint density at radius 1 is 1.00 bits per heavy atom. The minimum absolute atomic E-state index is 0.888. The van der Waals surface area contributed by atoms with Crippen molar-refractivity contribution in [2.75, 3.05) is 20.1 Å². The van der Waals surface area contributed by atoms with Gasteiger partial charge < -0.3 is 4.74 Å². The molecule has 0 unspecified atom stereocenters. The summed E-state index contributed by atoms with van der Waals surface area (Å²) in [6, 6.07) is 16.5. The van der Waals surface area contributed by atoms with Crippen LogP contribution in [0.15, 0.2) is 60.7 Å². The lowest BCUT2D eigenvalue weighted by molar-refractivity contribution is 0.418. The number of benzene rings is 2. The van der Waals surface area contributed by atoms with Crippen molar-refractivity contribution >= 4 is 11.6 Å². The minimum Gasteiger partial charge on any atom is -0.456 e. The van der Waals surface area contributed by atoms with Crippen LogP contribution in [0, 0.1) is 0 Å². The Hall–Kier alpha value is -2.32. The van der Waals surface area contributed by atoms with Crippen LogP contribution >= 0.6 is 0 Å². The van der Waals surface area contributed by atoms with E-state index in [1.807, 2.05) is 24.3 Å². The molecule has 2 aromatic carbocycles. The number of likely N-dealkylation sites (N-methyl/N-ethyl adjacent to an activating group) is 1. The molecule has 0 fully saturated rings. The Morgan fingerprint density at radius 3 is 2.55 bits per heavy atom. The van der Waals surface area contributed by atoms with Gasteiger partial charge in [0, 0.05) is 24.2 Å². The van der Waals surface area contributed by atoms with Gasteiger partial charge in [-0.05, 0) is 37.8 Å². The number of para-hydroxylation sites is 2. The molecule has 0 aliphatic carbocycles. The number of allylic oxidation sites excluding steroid dienone is 1. The van der Waals surface area contributed by atoms with E-state index in [4.69, 9.17) is 4.74 Å². The van der Waals surface area contributed by atoms with Gasteiger partial charge in [0.25, 0.3) is 0 Å². The molecule has 3 rings (SSSR count). The fraction of sp³-hybridized carbons (Fsp3) is 0.200. The summed E-state index contributed by atoms with van der Waals surface area (Å²) in [5, 5.41) is 0. The molecule has 0 N–H and O–H groups in total. The highest BCUT2D eigenvalue weighted by Gasteiger charge is 2.16. The fourth-order valence-corrected chi connectivity index (χ4v) is 2.67. The van der Waals surface area contributed by atoms with Crippen molar-refractivity contribution in [1.29, 1.82) is 0 Å². The Bertz CT molecular complexity index is 715. The lowest BCUT2D eigenvalue weighted by atomic mass is 10.0. The number of rotatable bonds is 4. The van der Waals surface area contributed by atoms with E-state index >= 15 is 0 Å². The number of nitrogens with zero attached hydrogens (tertiary/aromatic N) is 1. The van der Waals surface area contributed by atoms with Crippen molar-refractivity contribution < 1.29 is 4.74 Å². The molecule has 1 aliphatic heterocycles. The molecule has 0 radical (unpaired) electrons. The molecule has 1 heterocycles. The average Bonchev–Trinajstić information content (AvgIpc) is 2.69. The van der Waals surface area contributed by atoms with E-state index in [1.54, 1.807) is 0 Å². The fourth-order valence-electron chi connectivity index (χ4n) is 2.67. The number of fused-ring (bicyclic) bond motifs is 2. The van der Waals surface area contributed by atoms with Crippen LogP contribution in [-0.4, -0.2) is 25.0 Å². The molecule has 0 saturated carbocycles. The molecular weight excluding hydrogens is 270 g/mol. The van der Waals surface area contributed by atoms with Gasteiger partial charge in [-0.3, -0.25) is 4.90 Å². The third-order valence-electron chi connectivity index (χ3n) is 3.79. The van der Waals surface area contributed by atoms with Crippen molar-refractivity contribution in [1.82, 2.24) is 4.90 Å². The van der Waals surface area contributed by atoms with Gasteiger partial charge in [0.2, 0.25) is 0 Å². The molecular formula is C20H21NO. The molecule has 2 nitrogen and oxygen atoms in total. The quantitative estimate of drug-likeness (QED) is 0.747. The molecule has 2 heteroatoms. The second-order valence-electron chi connectivity index (χ2n) is 5.57. The zero-order valence-corrected chi connectivity index (χ0v) is 13.1. The van der Waals surface area contributed by atoms with Gasteiger partial charge in [0.1, 0.15) is 11.5 Å². The first-order valence-corrected chi connectivity index (χ1v) is 7.64. The Morgan fingerprint density at radius 2 is 1.73 bits per heavy atom. The number of hydrogen-bond acceptors (Lipinski definition) is 2. The van der Waals surface area contributed by atoms with Crippen molar-refractivity contribution in [3.8, 4) is 11.5 Å². The molecule has 0 atom stereocenters. The van der Waals surface area contributed by atoms with Gasteiger partial charge in [-0.25, -0.2) is 0 Å². The maximum Gasteiger partial charge on any atom is 0.135 e. The summed E-state index contributed by atoms with van der Waals surface area (Å²) in [4.78, 5) is 2.30.